The molecule has 1 fully saturated rings. The summed E-state index contributed by atoms with van der Waals surface area (Å²) in [6, 6.07) is 4.38. The molecule has 21 heavy (non-hydrogen) atoms. The summed E-state index contributed by atoms with van der Waals surface area (Å²) in [7, 11) is 1.52. The fourth-order valence-electron chi connectivity index (χ4n) is 2.37. The Hall–Kier alpha value is -2.15. The number of aromatic nitrogens is 1. The van der Waals surface area contributed by atoms with Gasteiger partial charge in [-0.05, 0) is 12.1 Å². The van der Waals surface area contributed by atoms with Crippen LogP contribution in [0.15, 0.2) is 24.4 Å². The number of likely N-dealkylation sites (tertiary alicyclic amines) is 1. The molecule has 114 valence electrons. The monoisotopic (exact) mass is 293 g/mol. The highest BCUT2D eigenvalue weighted by Crippen LogP contribution is 2.20. The summed E-state index contributed by atoms with van der Waals surface area (Å²) in [5.74, 6) is -1.01. The Kier molecular flexibility index (Phi) is 5.10. The minimum atomic E-state index is -1.01. The second-order valence-electron chi connectivity index (χ2n) is 4.90. The molecule has 2 heterocycles. The van der Waals surface area contributed by atoms with E-state index < -0.39 is 12.0 Å². The van der Waals surface area contributed by atoms with Crippen molar-refractivity contribution in [1.29, 1.82) is 0 Å². The lowest BCUT2D eigenvalue weighted by Crippen LogP contribution is -2.46. The number of carbonyl (C=O) groups excluding carboxylic acids is 1. The maximum atomic E-state index is 12.1. The normalized spacial score (nSPS) is 21.3. The number of methoxy groups -OCH3 is 1. The van der Waals surface area contributed by atoms with E-state index in [-0.39, 0.29) is 12.1 Å². The predicted molar refractivity (Wildman–Crippen MR) is 74.9 cm³/mol. The molecule has 2 unspecified atom stereocenters. The van der Waals surface area contributed by atoms with Crippen LogP contribution in [0.1, 0.15) is 12.1 Å². The fraction of sp³-hybridized carbons (Fsp3) is 0.500. The van der Waals surface area contributed by atoms with Crippen LogP contribution in [0, 0.1) is 0 Å². The van der Waals surface area contributed by atoms with E-state index >= 15 is 0 Å². The van der Waals surface area contributed by atoms with E-state index in [2.05, 4.69) is 10.3 Å². The lowest BCUT2D eigenvalue weighted by molar-refractivity contribution is -0.141. The first-order valence-corrected chi connectivity index (χ1v) is 6.81. The summed E-state index contributed by atoms with van der Waals surface area (Å²) in [6.45, 7) is 0.708. The Labute approximate surface area is 122 Å². The van der Waals surface area contributed by atoms with Gasteiger partial charge in [0.2, 0.25) is 0 Å². The van der Waals surface area contributed by atoms with Crippen LogP contribution >= 0.6 is 0 Å². The maximum Gasteiger partial charge on any atom is 0.326 e. The van der Waals surface area contributed by atoms with E-state index in [4.69, 9.17) is 9.84 Å². The SMILES string of the molecule is COC1CC(C(=O)O)N(C(=O)NCCc2ccccn2)C1. The van der Waals surface area contributed by atoms with Gasteiger partial charge in [0.25, 0.3) is 0 Å². The predicted octanol–water partition coefficient (Wildman–Crippen LogP) is 0.508. The number of aliphatic carboxylic acids is 1. The molecule has 7 heteroatoms. The number of pyridine rings is 1. The summed E-state index contributed by atoms with van der Waals surface area (Å²) in [5, 5.41) is 11.9. The largest absolute Gasteiger partial charge is 0.480 e. The Morgan fingerprint density at radius 2 is 2.33 bits per heavy atom. The van der Waals surface area contributed by atoms with E-state index in [0.29, 0.717) is 25.9 Å². The molecule has 0 radical (unpaired) electrons. The molecule has 2 rings (SSSR count). The highest BCUT2D eigenvalue weighted by atomic mass is 16.5. The van der Waals surface area contributed by atoms with Crippen LogP contribution in [-0.2, 0) is 16.0 Å². The third-order valence-corrected chi connectivity index (χ3v) is 3.53. The Morgan fingerprint density at radius 3 is 2.95 bits per heavy atom. The van der Waals surface area contributed by atoms with Gasteiger partial charge in [-0.3, -0.25) is 4.98 Å². The van der Waals surface area contributed by atoms with Crippen LogP contribution < -0.4 is 5.32 Å². The number of ether oxygens (including phenoxy) is 1. The fourth-order valence-corrected chi connectivity index (χ4v) is 2.37. The van der Waals surface area contributed by atoms with Gasteiger partial charge in [0.05, 0.1) is 6.10 Å². The van der Waals surface area contributed by atoms with E-state index in [1.165, 1.54) is 12.0 Å². The number of nitrogens with zero attached hydrogens (tertiary/aromatic N) is 2. The molecule has 7 nitrogen and oxygen atoms in total. The molecule has 0 bridgehead atoms. The number of carboxylic acids is 1. The topological polar surface area (TPSA) is 91.8 Å². The van der Waals surface area contributed by atoms with Gasteiger partial charge in [0, 0.05) is 44.9 Å². The first-order valence-electron chi connectivity index (χ1n) is 6.81. The van der Waals surface area contributed by atoms with Crippen LogP contribution in [0.2, 0.25) is 0 Å². The number of urea groups is 1. The highest BCUT2D eigenvalue weighted by Gasteiger charge is 2.39. The quantitative estimate of drug-likeness (QED) is 0.825. The molecule has 2 N–H and O–H groups in total. The Morgan fingerprint density at radius 1 is 1.52 bits per heavy atom. The number of carbonyl (C=O) groups is 2. The molecule has 2 atom stereocenters. The van der Waals surface area contributed by atoms with E-state index in [1.807, 2.05) is 18.2 Å². The zero-order valence-corrected chi connectivity index (χ0v) is 11.9. The van der Waals surface area contributed by atoms with Crippen LogP contribution in [0.25, 0.3) is 0 Å². The molecule has 1 aliphatic heterocycles. The van der Waals surface area contributed by atoms with E-state index in [9.17, 15) is 9.59 Å². The summed E-state index contributed by atoms with van der Waals surface area (Å²) in [6.07, 6.45) is 2.39. The zero-order valence-electron chi connectivity index (χ0n) is 11.9. The van der Waals surface area contributed by atoms with Crippen LogP contribution in [0.3, 0.4) is 0 Å². The molecule has 0 spiro atoms. The van der Waals surface area contributed by atoms with E-state index in [1.54, 1.807) is 6.20 Å². The standard InChI is InChI=1S/C14H19N3O4/c1-21-11-8-12(13(18)19)17(9-11)14(20)16-7-5-10-4-2-3-6-15-10/h2-4,6,11-12H,5,7-9H2,1H3,(H,16,20)(H,18,19). The number of nitrogens with one attached hydrogen (secondary N) is 1. The molecule has 1 aromatic heterocycles. The zero-order chi connectivity index (χ0) is 15.2. The second kappa shape index (κ2) is 7.03. The van der Waals surface area contributed by atoms with Crippen LogP contribution in [0.4, 0.5) is 4.79 Å². The Balaban J connectivity index is 1.85. The average molecular weight is 293 g/mol. The Bertz CT molecular complexity index is 494. The van der Waals surface area contributed by atoms with Gasteiger partial charge in [0.1, 0.15) is 6.04 Å². The molecule has 0 aromatic carbocycles. The summed E-state index contributed by atoms with van der Waals surface area (Å²) in [4.78, 5) is 28.8. The maximum absolute atomic E-state index is 12.1. The first kappa shape index (κ1) is 15.2. The molecular weight excluding hydrogens is 274 g/mol. The highest BCUT2D eigenvalue weighted by molar-refractivity contribution is 5.83. The van der Waals surface area contributed by atoms with Crippen molar-refractivity contribution in [2.75, 3.05) is 20.2 Å². The van der Waals surface area contributed by atoms with Gasteiger partial charge in [-0.2, -0.15) is 0 Å². The van der Waals surface area contributed by atoms with E-state index in [0.717, 1.165) is 5.69 Å². The molecule has 1 saturated heterocycles. The summed E-state index contributed by atoms with van der Waals surface area (Å²) >= 11 is 0. The average Bonchev–Trinajstić information content (AvgIpc) is 2.93. The minimum absolute atomic E-state index is 0.229. The lowest BCUT2D eigenvalue weighted by Gasteiger charge is -2.21. The van der Waals surface area contributed by atoms with Crippen molar-refractivity contribution in [2.45, 2.75) is 25.0 Å². The van der Waals surface area contributed by atoms with Crippen LogP contribution in [-0.4, -0.2) is 59.3 Å². The van der Waals surface area contributed by atoms with Crippen molar-refractivity contribution in [1.82, 2.24) is 15.2 Å². The van der Waals surface area contributed by atoms with Crippen molar-refractivity contribution in [3.05, 3.63) is 30.1 Å². The number of carboxylic acid groups (broad SMARTS) is 1. The molecule has 2 amide bonds. The first-order chi connectivity index (χ1) is 10.1. The van der Waals surface area contributed by atoms with Gasteiger partial charge < -0.3 is 20.1 Å². The van der Waals surface area contributed by atoms with Crippen LogP contribution in [0.5, 0.6) is 0 Å². The molecule has 1 aromatic rings. The minimum Gasteiger partial charge on any atom is -0.480 e. The number of amides is 2. The molecule has 0 aliphatic carbocycles. The summed E-state index contributed by atoms with van der Waals surface area (Å²) in [5.41, 5.74) is 0.878. The lowest BCUT2D eigenvalue weighted by atomic mass is 10.2. The number of rotatable bonds is 5. The van der Waals surface area contributed by atoms with Gasteiger partial charge >= 0.3 is 12.0 Å². The third kappa shape index (κ3) is 3.91. The van der Waals surface area contributed by atoms with Crippen molar-refractivity contribution in [2.24, 2.45) is 0 Å². The van der Waals surface area contributed by atoms with Gasteiger partial charge in [-0.1, -0.05) is 6.07 Å². The summed E-state index contributed by atoms with van der Waals surface area (Å²) < 4.78 is 5.15. The smallest absolute Gasteiger partial charge is 0.326 e. The van der Waals surface area contributed by atoms with Gasteiger partial charge in [0.15, 0.2) is 0 Å². The number of hydrogen-bond donors (Lipinski definition) is 2. The van der Waals surface area contributed by atoms with Crippen molar-refractivity contribution < 1.29 is 19.4 Å². The third-order valence-electron chi connectivity index (χ3n) is 3.53. The number of hydrogen-bond acceptors (Lipinski definition) is 4. The van der Waals surface area contributed by atoms with Crippen molar-refractivity contribution in [3.8, 4) is 0 Å². The molecular formula is C14H19N3O4. The van der Waals surface area contributed by atoms with Crippen molar-refractivity contribution >= 4 is 12.0 Å². The van der Waals surface area contributed by atoms with Gasteiger partial charge in [-0.15, -0.1) is 0 Å². The molecule has 1 aliphatic rings. The second-order valence-corrected chi connectivity index (χ2v) is 4.90. The van der Waals surface area contributed by atoms with Crippen molar-refractivity contribution in [3.63, 3.8) is 0 Å². The molecule has 0 saturated carbocycles. The van der Waals surface area contributed by atoms with Gasteiger partial charge in [-0.25, -0.2) is 9.59 Å².